The molecule has 5 nitrogen and oxygen atoms in total. The van der Waals surface area contributed by atoms with E-state index in [1.807, 2.05) is 0 Å². The first-order chi connectivity index (χ1) is 10.8. The van der Waals surface area contributed by atoms with Crippen molar-refractivity contribution in [3.8, 4) is 0 Å². The van der Waals surface area contributed by atoms with Crippen molar-refractivity contribution < 1.29 is 13.2 Å². The van der Waals surface area contributed by atoms with Crippen LogP contribution in [0.15, 0.2) is 23.1 Å². The molecule has 0 fully saturated rings. The highest BCUT2D eigenvalue weighted by Gasteiger charge is 2.24. The molecule has 6 heteroatoms. The van der Waals surface area contributed by atoms with Crippen molar-refractivity contribution in [2.24, 2.45) is 5.92 Å². The molecule has 1 aromatic carbocycles. The predicted molar refractivity (Wildman–Crippen MR) is 92.1 cm³/mol. The molecule has 1 aliphatic heterocycles. The van der Waals surface area contributed by atoms with E-state index in [1.165, 1.54) is 6.92 Å². The summed E-state index contributed by atoms with van der Waals surface area (Å²) < 4.78 is 27.4. The molecule has 0 aliphatic carbocycles. The quantitative estimate of drug-likeness (QED) is 0.777. The van der Waals surface area contributed by atoms with Gasteiger partial charge in [0, 0.05) is 25.7 Å². The Balaban J connectivity index is 2.00. The monoisotopic (exact) mass is 338 g/mol. The fourth-order valence-corrected chi connectivity index (χ4v) is 3.96. The van der Waals surface area contributed by atoms with Crippen LogP contribution in [0.5, 0.6) is 0 Å². The summed E-state index contributed by atoms with van der Waals surface area (Å²) in [6, 6.07) is 5.00. The summed E-state index contributed by atoms with van der Waals surface area (Å²) in [5.74, 6) is 0.634. The lowest BCUT2D eigenvalue weighted by Crippen LogP contribution is -2.26. The van der Waals surface area contributed by atoms with E-state index in [0.29, 0.717) is 25.4 Å². The van der Waals surface area contributed by atoms with Gasteiger partial charge in [0.05, 0.1) is 4.90 Å². The third-order valence-electron chi connectivity index (χ3n) is 4.14. The molecule has 0 aromatic heterocycles. The summed E-state index contributed by atoms with van der Waals surface area (Å²) in [6.07, 6.45) is 3.69. The zero-order valence-corrected chi connectivity index (χ0v) is 14.9. The highest BCUT2D eigenvalue weighted by molar-refractivity contribution is 7.89. The number of hydrogen-bond acceptors (Lipinski definition) is 3. The van der Waals surface area contributed by atoms with E-state index < -0.39 is 10.0 Å². The van der Waals surface area contributed by atoms with Crippen LogP contribution in [0.2, 0.25) is 0 Å². The maximum absolute atomic E-state index is 12.4. The zero-order chi connectivity index (χ0) is 17.0. The second-order valence-corrected chi connectivity index (χ2v) is 8.27. The Bertz CT molecular complexity index is 668. The molecule has 0 unspecified atom stereocenters. The van der Waals surface area contributed by atoms with Gasteiger partial charge in [-0.1, -0.05) is 26.7 Å². The Morgan fingerprint density at radius 3 is 2.70 bits per heavy atom. The molecule has 0 atom stereocenters. The molecule has 0 spiro atoms. The van der Waals surface area contributed by atoms with Crippen LogP contribution >= 0.6 is 0 Å². The van der Waals surface area contributed by atoms with Crippen LogP contribution < -0.4 is 9.62 Å². The molecule has 23 heavy (non-hydrogen) atoms. The Morgan fingerprint density at radius 1 is 1.30 bits per heavy atom. The number of benzene rings is 1. The number of amides is 1. The first kappa shape index (κ1) is 17.9. The minimum absolute atomic E-state index is 0.0114. The number of fused-ring (bicyclic) bond motifs is 1. The SMILES string of the molecule is CC(=O)N1CCc2cc(S(=O)(=O)NCCCCC(C)C)ccc21. The van der Waals surface area contributed by atoms with E-state index in [0.717, 1.165) is 30.5 Å². The standard InChI is InChI=1S/C17H26N2O3S/c1-13(2)6-4-5-10-18-23(21,22)16-7-8-17-15(12-16)9-11-19(17)14(3)20/h7-8,12-13,18H,4-6,9-11H2,1-3H3. The molecule has 1 aliphatic rings. The molecule has 2 rings (SSSR count). The number of rotatable bonds is 7. The van der Waals surface area contributed by atoms with Crippen molar-refractivity contribution in [3.05, 3.63) is 23.8 Å². The lowest BCUT2D eigenvalue weighted by Gasteiger charge is -2.15. The summed E-state index contributed by atoms with van der Waals surface area (Å²) in [4.78, 5) is 13.5. The third kappa shape index (κ3) is 4.54. The number of anilines is 1. The van der Waals surface area contributed by atoms with Crippen LogP contribution in [0.25, 0.3) is 0 Å². The molecule has 128 valence electrons. The molecule has 0 saturated carbocycles. The van der Waals surface area contributed by atoms with Gasteiger partial charge in [0.25, 0.3) is 0 Å². The Hall–Kier alpha value is -1.40. The maximum Gasteiger partial charge on any atom is 0.240 e. The van der Waals surface area contributed by atoms with E-state index in [4.69, 9.17) is 0 Å². The average molecular weight is 338 g/mol. The number of carbonyl (C=O) groups is 1. The van der Waals surface area contributed by atoms with Gasteiger partial charge < -0.3 is 4.90 Å². The lowest BCUT2D eigenvalue weighted by molar-refractivity contribution is -0.116. The van der Waals surface area contributed by atoms with E-state index in [9.17, 15) is 13.2 Å². The van der Waals surface area contributed by atoms with Gasteiger partial charge in [0.15, 0.2) is 0 Å². The van der Waals surface area contributed by atoms with E-state index >= 15 is 0 Å². The topological polar surface area (TPSA) is 66.5 Å². The zero-order valence-electron chi connectivity index (χ0n) is 14.1. The summed E-state index contributed by atoms with van der Waals surface area (Å²) >= 11 is 0. The van der Waals surface area contributed by atoms with Gasteiger partial charge in [0.1, 0.15) is 0 Å². The first-order valence-corrected chi connectivity index (χ1v) is 9.70. The van der Waals surface area contributed by atoms with Crippen LogP contribution in [0.4, 0.5) is 5.69 Å². The van der Waals surface area contributed by atoms with Gasteiger partial charge in [-0.15, -0.1) is 0 Å². The van der Waals surface area contributed by atoms with Crippen LogP contribution in [-0.4, -0.2) is 27.4 Å². The number of unbranched alkanes of at least 4 members (excludes halogenated alkanes) is 1. The fourth-order valence-electron chi connectivity index (χ4n) is 2.84. The highest BCUT2D eigenvalue weighted by atomic mass is 32.2. The molecular formula is C17H26N2O3S. The number of carbonyl (C=O) groups excluding carboxylic acids is 1. The first-order valence-electron chi connectivity index (χ1n) is 8.22. The Morgan fingerprint density at radius 2 is 2.04 bits per heavy atom. The van der Waals surface area contributed by atoms with Gasteiger partial charge in [-0.25, -0.2) is 13.1 Å². The van der Waals surface area contributed by atoms with Gasteiger partial charge in [-0.3, -0.25) is 4.79 Å². The second-order valence-electron chi connectivity index (χ2n) is 6.50. The second kappa shape index (κ2) is 7.45. The van der Waals surface area contributed by atoms with Crippen molar-refractivity contribution in [2.45, 2.75) is 51.3 Å². The van der Waals surface area contributed by atoms with E-state index in [1.54, 1.807) is 23.1 Å². The van der Waals surface area contributed by atoms with E-state index in [2.05, 4.69) is 18.6 Å². The van der Waals surface area contributed by atoms with Gasteiger partial charge >= 0.3 is 0 Å². The number of nitrogens with one attached hydrogen (secondary N) is 1. The number of sulfonamides is 1. The molecule has 0 saturated heterocycles. The minimum Gasteiger partial charge on any atom is -0.312 e. The largest absolute Gasteiger partial charge is 0.312 e. The van der Waals surface area contributed by atoms with Crippen LogP contribution in [0.3, 0.4) is 0 Å². The average Bonchev–Trinajstić information content (AvgIpc) is 2.89. The van der Waals surface area contributed by atoms with Crippen molar-refractivity contribution in [1.29, 1.82) is 0 Å². The Kier molecular flexibility index (Phi) is 5.81. The molecular weight excluding hydrogens is 312 g/mol. The number of hydrogen-bond donors (Lipinski definition) is 1. The van der Waals surface area contributed by atoms with Crippen molar-refractivity contribution >= 4 is 21.6 Å². The van der Waals surface area contributed by atoms with Crippen LogP contribution in [-0.2, 0) is 21.2 Å². The van der Waals surface area contributed by atoms with E-state index in [-0.39, 0.29) is 10.8 Å². The summed E-state index contributed by atoms with van der Waals surface area (Å²) in [7, 11) is -3.47. The third-order valence-corrected chi connectivity index (χ3v) is 5.60. The van der Waals surface area contributed by atoms with Gasteiger partial charge in [0.2, 0.25) is 15.9 Å². The summed E-state index contributed by atoms with van der Waals surface area (Å²) in [5, 5.41) is 0. The molecule has 0 radical (unpaired) electrons. The van der Waals surface area contributed by atoms with Crippen LogP contribution in [0.1, 0.15) is 45.6 Å². The Labute approximate surface area is 139 Å². The summed E-state index contributed by atoms with van der Waals surface area (Å²) in [6.45, 7) is 6.94. The minimum atomic E-state index is -3.47. The van der Waals surface area contributed by atoms with Crippen molar-refractivity contribution in [3.63, 3.8) is 0 Å². The molecule has 1 aromatic rings. The number of nitrogens with zero attached hydrogens (tertiary/aromatic N) is 1. The maximum atomic E-state index is 12.4. The highest BCUT2D eigenvalue weighted by Crippen LogP contribution is 2.30. The fraction of sp³-hybridized carbons (Fsp3) is 0.588. The normalized spacial score (nSPS) is 14.3. The molecule has 1 heterocycles. The predicted octanol–water partition coefficient (Wildman–Crippen LogP) is 2.70. The van der Waals surface area contributed by atoms with Crippen LogP contribution in [0, 0.1) is 5.92 Å². The molecule has 1 N–H and O–H groups in total. The lowest BCUT2D eigenvalue weighted by atomic mass is 10.1. The summed E-state index contributed by atoms with van der Waals surface area (Å²) in [5.41, 5.74) is 1.75. The van der Waals surface area contributed by atoms with Crippen molar-refractivity contribution in [2.75, 3.05) is 18.0 Å². The molecule has 0 bridgehead atoms. The molecule has 1 amide bonds. The van der Waals surface area contributed by atoms with Crippen molar-refractivity contribution in [1.82, 2.24) is 4.72 Å². The van der Waals surface area contributed by atoms with Gasteiger partial charge in [-0.2, -0.15) is 0 Å². The van der Waals surface area contributed by atoms with Gasteiger partial charge in [-0.05, 0) is 42.5 Å². The smallest absolute Gasteiger partial charge is 0.240 e.